The second-order valence-corrected chi connectivity index (χ2v) is 6.13. The first kappa shape index (κ1) is 10.9. The third kappa shape index (κ3) is 2.49. The molecule has 15 heavy (non-hydrogen) atoms. The number of carbonyl (C=O) groups is 1. The summed E-state index contributed by atoms with van der Waals surface area (Å²) in [5.74, 6) is -0.395. The van der Waals surface area contributed by atoms with Gasteiger partial charge in [-0.25, -0.2) is 4.79 Å². The molecule has 0 aliphatic heterocycles. The van der Waals surface area contributed by atoms with E-state index in [1.54, 1.807) is 11.3 Å². The number of carboxylic acids is 1. The maximum atomic E-state index is 10.8. The van der Waals surface area contributed by atoms with E-state index in [-0.39, 0.29) is 0 Å². The molecule has 1 aliphatic carbocycles. The summed E-state index contributed by atoms with van der Waals surface area (Å²) in [6.45, 7) is 0. The molecule has 0 radical (unpaired) electrons. The van der Waals surface area contributed by atoms with E-state index < -0.39 is 5.97 Å². The van der Waals surface area contributed by atoms with Gasteiger partial charge >= 0.3 is 5.97 Å². The van der Waals surface area contributed by atoms with Gasteiger partial charge in [0.2, 0.25) is 0 Å². The number of rotatable bonds is 3. The lowest BCUT2D eigenvalue weighted by Gasteiger charge is -2.27. The highest BCUT2D eigenvalue weighted by molar-refractivity contribution is 9.11. The van der Waals surface area contributed by atoms with Crippen molar-refractivity contribution in [1.82, 2.24) is 0 Å². The number of hydrogen-bond donors (Lipinski definition) is 1. The van der Waals surface area contributed by atoms with E-state index in [1.807, 2.05) is 12.1 Å². The molecule has 0 atom stereocenters. The zero-order valence-electron chi connectivity index (χ0n) is 8.07. The van der Waals surface area contributed by atoms with E-state index >= 15 is 0 Å². The molecule has 1 aromatic heterocycles. The van der Waals surface area contributed by atoms with Gasteiger partial charge in [-0.3, -0.25) is 0 Å². The molecule has 80 valence electrons. The van der Waals surface area contributed by atoms with Crippen molar-refractivity contribution in [3.63, 3.8) is 0 Å². The molecular weight excluding hydrogens is 276 g/mol. The molecule has 1 N–H and O–H groups in total. The van der Waals surface area contributed by atoms with Gasteiger partial charge in [0.05, 0.1) is 3.79 Å². The Bertz CT molecular complexity index is 404. The van der Waals surface area contributed by atoms with Gasteiger partial charge in [0.1, 0.15) is 0 Å². The Morgan fingerprint density at radius 2 is 2.27 bits per heavy atom. The van der Waals surface area contributed by atoms with Crippen molar-refractivity contribution in [2.45, 2.75) is 19.3 Å². The van der Waals surface area contributed by atoms with Gasteiger partial charge in [0.15, 0.2) is 0 Å². The number of aliphatic carboxylic acids is 1. The van der Waals surface area contributed by atoms with Crippen LogP contribution >= 0.6 is 27.3 Å². The van der Waals surface area contributed by atoms with Crippen LogP contribution in [0.1, 0.15) is 24.1 Å². The summed E-state index contributed by atoms with van der Waals surface area (Å²) in [6.07, 6.45) is 4.82. The molecule has 1 aliphatic rings. The molecule has 2 nitrogen and oxygen atoms in total. The highest BCUT2D eigenvalue weighted by Crippen LogP contribution is 2.41. The number of halogens is 1. The number of thiophene rings is 1. The molecule has 0 bridgehead atoms. The molecule has 0 saturated heterocycles. The first-order valence-electron chi connectivity index (χ1n) is 4.87. The predicted molar refractivity (Wildman–Crippen MR) is 65.0 cm³/mol. The van der Waals surface area contributed by atoms with Gasteiger partial charge in [-0.15, -0.1) is 11.3 Å². The average molecular weight is 287 g/mol. The molecular formula is C11H11BrO2S. The zero-order valence-corrected chi connectivity index (χ0v) is 10.5. The Kier molecular flexibility index (Phi) is 3.26. The molecule has 1 aromatic rings. The van der Waals surface area contributed by atoms with Crippen LogP contribution in [0.2, 0.25) is 0 Å². The third-order valence-corrected chi connectivity index (χ3v) is 4.35. The Balaban J connectivity index is 2.29. The minimum Gasteiger partial charge on any atom is -0.478 e. The van der Waals surface area contributed by atoms with Crippen LogP contribution in [0.3, 0.4) is 0 Å². The van der Waals surface area contributed by atoms with Gasteiger partial charge in [-0.05, 0) is 52.4 Å². The van der Waals surface area contributed by atoms with Gasteiger partial charge in [-0.1, -0.05) is 6.42 Å². The Hall–Kier alpha value is -0.610. The number of hydrogen-bond acceptors (Lipinski definition) is 2. The smallest absolute Gasteiger partial charge is 0.328 e. The molecule has 0 unspecified atom stereocenters. The van der Waals surface area contributed by atoms with E-state index in [4.69, 9.17) is 5.11 Å². The van der Waals surface area contributed by atoms with Crippen LogP contribution in [-0.4, -0.2) is 11.1 Å². The van der Waals surface area contributed by atoms with Crippen molar-refractivity contribution in [3.8, 4) is 0 Å². The first-order valence-corrected chi connectivity index (χ1v) is 6.48. The second-order valence-electron chi connectivity index (χ2n) is 3.67. The van der Waals surface area contributed by atoms with Crippen molar-refractivity contribution in [2.75, 3.05) is 0 Å². The Labute approximate surface area is 101 Å². The van der Waals surface area contributed by atoms with Crippen molar-refractivity contribution in [3.05, 3.63) is 26.9 Å². The topological polar surface area (TPSA) is 37.3 Å². The summed E-state index contributed by atoms with van der Waals surface area (Å²) < 4.78 is 1.05. The van der Waals surface area contributed by atoms with E-state index in [9.17, 15) is 4.79 Å². The molecule has 1 fully saturated rings. The van der Waals surface area contributed by atoms with Crippen LogP contribution in [0, 0.1) is 5.92 Å². The van der Waals surface area contributed by atoms with Crippen LogP contribution in [0.25, 0.3) is 5.57 Å². The lowest BCUT2D eigenvalue weighted by molar-refractivity contribution is -0.131. The second kappa shape index (κ2) is 4.49. The summed E-state index contributed by atoms with van der Waals surface area (Å²) >= 11 is 5.00. The largest absolute Gasteiger partial charge is 0.478 e. The summed E-state index contributed by atoms with van der Waals surface area (Å²) in [6, 6.07) is 3.95. The van der Waals surface area contributed by atoms with Gasteiger partial charge < -0.3 is 5.11 Å². The summed E-state index contributed by atoms with van der Waals surface area (Å²) in [4.78, 5) is 11.8. The number of allylic oxidation sites excluding steroid dienone is 1. The standard InChI is InChI=1S/C11H11BrO2S/c12-10-5-4-9(15-10)8(6-11(13)14)7-2-1-3-7/h4-7H,1-3H2,(H,13,14)/b8-6+. The molecule has 0 spiro atoms. The molecule has 0 aromatic carbocycles. The molecule has 1 heterocycles. The van der Waals surface area contributed by atoms with E-state index in [1.165, 1.54) is 12.5 Å². The fourth-order valence-electron chi connectivity index (χ4n) is 1.71. The van der Waals surface area contributed by atoms with Crippen LogP contribution in [0.15, 0.2) is 22.0 Å². The fourth-order valence-corrected chi connectivity index (χ4v) is 3.19. The highest BCUT2D eigenvalue weighted by atomic mass is 79.9. The van der Waals surface area contributed by atoms with Crippen molar-refractivity contribution >= 4 is 38.8 Å². The normalized spacial score (nSPS) is 17.5. The predicted octanol–water partition coefficient (Wildman–Crippen LogP) is 3.78. The van der Waals surface area contributed by atoms with Crippen LogP contribution in [0.5, 0.6) is 0 Å². The van der Waals surface area contributed by atoms with E-state index in [2.05, 4.69) is 15.9 Å². The summed E-state index contributed by atoms with van der Waals surface area (Å²) in [7, 11) is 0. The maximum absolute atomic E-state index is 10.8. The third-order valence-electron chi connectivity index (χ3n) is 2.68. The molecule has 2 rings (SSSR count). The van der Waals surface area contributed by atoms with Crippen molar-refractivity contribution in [2.24, 2.45) is 5.92 Å². The lowest BCUT2D eigenvalue weighted by Crippen LogP contribution is -2.13. The summed E-state index contributed by atoms with van der Waals surface area (Å²) in [5.41, 5.74) is 0.990. The Morgan fingerprint density at radius 3 is 2.67 bits per heavy atom. The average Bonchev–Trinajstić information content (AvgIpc) is 2.46. The Morgan fingerprint density at radius 1 is 1.53 bits per heavy atom. The van der Waals surface area contributed by atoms with Crippen LogP contribution in [-0.2, 0) is 4.79 Å². The summed E-state index contributed by atoms with van der Waals surface area (Å²) in [5, 5.41) is 8.84. The van der Waals surface area contributed by atoms with E-state index in [0.29, 0.717) is 5.92 Å². The van der Waals surface area contributed by atoms with Crippen molar-refractivity contribution < 1.29 is 9.90 Å². The minimum absolute atomic E-state index is 0.451. The molecule has 4 heteroatoms. The molecule has 0 amide bonds. The maximum Gasteiger partial charge on any atom is 0.328 e. The number of carboxylic acid groups (broad SMARTS) is 1. The quantitative estimate of drug-likeness (QED) is 0.859. The SMILES string of the molecule is O=C(O)/C=C(/c1ccc(Br)s1)C1CCC1. The van der Waals surface area contributed by atoms with Gasteiger partial charge in [-0.2, -0.15) is 0 Å². The monoisotopic (exact) mass is 286 g/mol. The van der Waals surface area contributed by atoms with E-state index in [0.717, 1.165) is 27.1 Å². The van der Waals surface area contributed by atoms with Crippen LogP contribution in [0.4, 0.5) is 0 Å². The zero-order chi connectivity index (χ0) is 10.8. The highest BCUT2D eigenvalue weighted by Gasteiger charge is 2.24. The van der Waals surface area contributed by atoms with Crippen molar-refractivity contribution in [1.29, 1.82) is 0 Å². The fraction of sp³-hybridized carbons (Fsp3) is 0.364. The van der Waals surface area contributed by atoms with Gasteiger partial charge in [0.25, 0.3) is 0 Å². The first-order chi connectivity index (χ1) is 7.16. The lowest BCUT2D eigenvalue weighted by atomic mass is 9.79. The van der Waals surface area contributed by atoms with Gasteiger partial charge in [0, 0.05) is 11.0 Å². The van der Waals surface area contributed by atoms with Crippen LogP contribution < -0.4 is 0 Å². The molecule has 1 saturated carbocycles. The minimum atomic E-state index is -0.846.